The van der Waals surface area contributed by atoms with Gasteiger partial charge in [-0.2, -0.15) is 5.10 Å². The number of hydrogen-bond donors (Lipinski definition) is 0. The van der Waals surface area contributed by atoms with Gasteiger partial charge in [-0.1, -0.05) is 59.6 Å². The molecule has 4 rings (SSSR count). The third-order valence-electron chi connectivity index (χ3n) is 4.36. The Morgan fingerprint density at radius 3 is 2.33 bits per heavy atom. The molecule has 0 spiro atoms. The molecule has 4 aromatic rings. The SMILES string of the molecule is O=[N+]([O-])c1ccc2c(c1)c(-c1ccccc1)nn2Cc1c(Cl)cccc1Cl. The van der Waals surface area contributed by atoms with E-state index in [0.717, 1.165) is 16.6 Å². The maximum Gasteiger partial charge on any atom is 0.270 e. The first-order valence-corrected chi connectivity index (χ1v) is 8.93. The van der Waals surface area contributed by atoms with Crippen LogP contribution in [0, 0.1) is 10.1 Å². The lowest BCUT2D eigenvalue weighted by Crippen LogP contribution is -2.03. The molecule has 7 heteroatoms. The van der Waals surface area contributed by atoms with Crippen molar-refractivity contribution in [3.8, 4) is 11.3 Å². The average molecular weight is 398 g/mol. The molecule has 0 saturated carbocycles. The Morgan fingerprint density at radius 1 is 0.963 bits per heavy atom. The molecule has 0 unspecified atom stereocenters. The smallest absolute Gasteiger partial charge is 0.260 e. The Hall–Kier alpha value is -2.89. The van der Waals surface area contributed by atoms with Crippen LogP contribution >= 0.6 is 23.2 Å². The van der Waals surface area contributed by atoms with Crippen molar-refractivity contribution in [1.82, 2.24) is 9.78 Å². The number of nitro benzene ring substituents is 1. The zero-order valence-electron chi connectivity index (χ0n) is 14.0. The Morgan fingerprint density at radius 2 is 1.67 bits per heavy atom. The van der Waals surface area contributed by atoms with E-state index in [4.69, 9.17) is 28.3 Å². The summed E-state index contributed by atoms with van der Waals surface area (Å²) in [5.41, 5.74) is 3.11. The molecule has 0 radical (unpaired) electrons. The van der Waals surface area contributed by atoms with Crippen LogP contribution < -0.4 is 0 Å². The number of nitrogens with zero attached hydrogens (tertiary/aromatic N) is 3. The minimum absolute atomic E-state index is 0.0232. The van der Waals surface area contributed by atoms with Crippen LogP contribution in [0.15, 0.2) is 66.7 Å². The van der Waals surface area contributed by atoms with Crippen molar-refractivity contribution in [2.75, 3.05) is 0 Å². The second-order valence-electron chi connectivity index (χ2n) is 6.03. The number of fused-ring (bicyclic) bond motifs is 1. The molecule has 0 amide bonds. The molecular weight excluding hydrogens is 385 g/mol. The maximum atomic E-state index is 11.2. The van der Waals surface area contributed by atoms with E-state index in [2.05, 4.69) is 0 Å². The topological polar surface area (TPSA) is 61.0 Å². The van der Waals surface area contributed by atoms with Gasteiger partial charge in [-0.15, -0.1) is 0 Å². The molecule has 27 heavy (non-hydrogen) atoms. The van der Waals surface area contributed by atoms with Crippen LogP contribution in [0.2, 0.25) is 10.0 Å². The van der Waals surface area contributed by atoms with Gasteiger partial charge in [-0.25, -0.2) is 0 Å². The summed E-state index contributed by atoms with van der Waals surface area (Å²) < 4.78 is 1.77. The van der Waals surface area contributed by atoms with Crippen LogP contribution in [-0.4, -0.2) is 14.7 Å². The summed E-state index contributed by atoms with van der Waals surface area (Å²) in [7, 11) is 0. The highest BCUT2D eigenvalue weighted by atomic mass is 35.5. The van der Waals surface area contributed by atoms with Crippen molar-refractivity contribution in [2.24, 2.45) is 0 Å². The van der Waals surface area contributed by atoms with E-state index in [0.29, 0.717) is 27.7 Å². The second kappa shape index (κ2) is 7.02. The van der Waals surface area contributed by atoms with Crippen molar-refractivity contribution in [2.45, 2.75) is 6.54 Å². The first kappa shape index (κ1) is 17.5. The predicted molar refractivity (Wildman–Crippen MR) is 107 cm³/mol. The van der Waals surface area contributed by atoms with Gasteiger partial charge in [0.15, 0.2) is 0 Å². The van der Waals surface area contributed by atoms with E-state index in [1.54, 1.807) is 35.0 Å². The van der Waals surface area contributed by atoms with Gasteiger partial charge in [0.25, 0.3) is 5.69 Å². The van der Waals surface area contributed by atoms with Gasteiger partial charge < -0.3 is 0 Å². The predicted octanol–water partition coefficient (Wildman–Crippen LogP) is 5.97. The molecule has 0 aliphatic carbocycles. The van der Waals surface area contributed by atoms with E-state index in [-0.39, 0.29) is 5.69 Å². The van der Waals surface area contributed by atoms with Gasteiger partial charge in [0.05, 0.1) is 17.0 Å². The van der Waals surface area contributed by atoms with Crippen molar-refractivity contribution >= 4 is 39.8 Å². The number of aromatic nitrogens is 2. The largest absolute Gasteiger partial charge is 0.270 e. The summed E-state index contributed by atoms with van der Waals surface area (Å²) >= 11 is 12.6. The molecule has 0 aliphatic rings. The number of halogens is 2. The molecular formula is C20H13Cl2N3O2. The second-order valence-corrected chi connectivity index (χ2v) is 6.85. The standard InChI is InChI=1S/C20H13Cl2N3O2/c21-17-7-4-8-18(22)16(17)12-24-19-10-9-14(25(26)27)11-15(19)20(23-24)13-5-2-1-3-6-13/h1-11H,12H2. The molecule has 1 aromatic heterocycles. The Balaban J connectivity index is 1.92. The lowest BCUT2D eigenvalue weighted by Gasteiger charge is -2.08. The highest BCUT2D eigenvalue weighted by Crippen LogP contribution is 2.32. The Bertz CT molecular complexity index is 1140. The van der Waals surface area contributed by atoms with Crippen LogP contribution in [0.4, 0.5) is 5.69 Å². The molecule has 0 aliphatic heterocycles. The summed E-state index contributed by atoms with van der Waals surface area (Å²) in [5, 5.41) is 17.7. The molecule has 0 N–H and O–H groups in total. The summed E-state index contributed by atoms with van der Waals surface area (Å²) in [4.78, 5) is 10.8. The van der Waals surface area contributed by atoms with Gasteiger partial charge in [-0.05, 0) is 18.2 Å². The Kier molecular flexibility index (Phi) is 4.56. The molecule has 5 nitrogen and oxygen atoms in total. The third-order valence-corrected chi connectivity index (χ3v) is 5.07. The van der Waals surface area contributed by atoms with Gasteiger partial charge in [0.1, 0.15) is 5.69 Å². The number of rotatable bonds is 4. The first-order valence-electron chi connectivity index (χ1n) is 8.18. The van der Waals surface area contributed by atoms with Gasteiger partial charge in [-0.3, -0.25) is 14.8 Å². The number of benzene rings is 3. The van der Waals surface area contributed by atoms with E-state index in [1.807, 2.05) is 30.3 Å². The fourth-order valence-corrected chi connectivity index (χ4v) is 3.56. The van der Waals surface area contributed by atoms with E-state index < -0.39 is 4.92 Å². The van der Waals surface area contributed by atoms with Crippen LogP contribution in [0.3, 0.4) is 0 Å². The number of non-ortho nitro benzene ring substituents is 1. The number of hydrogen-bond acceptors (Lipinski definition) is 3. The van der Waals surface area contributed by atoms with Crippen molar-refractivity contribution < 1.29 is 4.92 Å². The fourth-order valence-electron chi connectivity index (χ4n) is 3.04. The number of nitro groups is 1. The summed E-state index contributed by atoms with van der Waals surface area (Å²) in [6, 6.07) is 19.6. The van der Waals surface area contributed by atoms with Gasteiger partial charge >= 0.3 is 0 Å². The van der Waals surface area contributed by atoms with E-state index >= 15 is 0 Å². The minimum Gasteiger partial charge on any atom is -0.260 e. The quantitative estimate of drug-likeness (QED) is 0.314. The third kappa shape index (κ3) is 3.27. The summed E-state index contributed by atoms with van der Waals surface area (Å²) in [5.74, 6) is 0. The fraction of sp³-hybridized carbons (Fsp3) is 0.0500. The first-order chi connectivity index (χ1) is 13.0. The highest BCUT2D eigenvalue weighted by molar-refractivity contribution is 6.36. The zero-order chi connectivity index (χ0) is 19.0. The maximum absolute atomic E-state index is 11.2. The lowest BCUT2D eigenvalue weighted by atomic mass is 10.1. The van der Waals surface area contributed by atoms with Crippen LogP contribution in [-0.2, 0) is 6.54 Å². The molecule has 3 aromatic carbocycles. The molecule has 0 bridgehead atoms. The molecule has 0 fully saturated rings. The van der Waals surface area contributed by atoms with E-state index in [9.17, 15) is 10.1 Å². The Labute approximate surface area is 164 Å². The van der Waals surface area contributed by atoms with E-state index in [1.165, 1.54) is 6.07 Å². The minimum atomic E-state index is -0.406. The molecule has 0 saturated heterocycles. The van der Waals surface area contributed by atoms with Gasteiger partial charge in [0.2, 0.25) is 0 Å². The monoisotopic (exact) mass is 397 g/mol. The normalized spacial score (nSPS) is 11.0. The van der Waals surface area contributed by atoms with Crippen molar-refractivity contribution in [1.29, 1.82) is 0 Å². The zero-order valence-corrected chi connectivity index (χ0v) is 15.5. The average Bonchev–Trinajstić information content (AvgIpc) is 3.03. The van der Waals surface area contributed by atoms with Crippen LogP contribution in [0.5, 0.6) is 0 Å². The molecule has 0 atom stereocenters. The lowest BCUT2D eigenvalue weighted by molar-refractivity contribution is -0.384. The highest BCUT2D eigenvalue weighted by Gasteiger charge is 2.17. The molecule has 1 heterocycles. The van der Waals surface area contributed by atoms with Crippen LogP contribution in [0.25, 0.3) is 22.2 Å². The van der Waals surface area contributed by atoms with Crippen molar-refractivity contribution in [3.63, 3.8) is 0 Å². The summed E-state index contributed by atoms with van der Waals surface area (Å²) in [6.07, 6.45) is 0. The molecule has 134 valence electrons. The summed E-state index contributed by atoms with van der Waals surface area (Å²) in [6.45, 7) is 0.361. The van der Waals surface area contributed by atoms with Crippen molar-refractivity contribution in [3.05, 3.63) is 92.5 Å². The van der Waals surface area contributed by atoms with Gasteiger partial charge in [0, 0.05) is 38.7 Å². The van der Waals surface area contributed by atoms with Crippen LogP contribution in [0.1, 0.15) is 5.56 Å².